The van der Waals surface area contributed by atoms with Gasteiger partial charge in [-0.15, -0.1) is 0 Å². The minimum atomic E-state index is -0.540. The van der Waals surface area contributed by atoms with Gasteiger partial charge < -0.3 is 4.90 Å². The van der Waals surface area contributed by atoms with Gasteiger partial charge in [-0.05, 0) is 56.2 Å². The maximum absolute atomic E-state index is 2.44. The number of hydrogen-bond acceptors (Lipinski definition) is 1. The summed E-state index contributed by atoms with van der Waals surface area (Å²) in [5.41, 5.74) is 0. The fourth-order valence-electron chi connectivity index (χ4n) is 4.68. The van der Waals surface area contributed by atoms with E-state index < -0.39 is 7.92 Å². The minimum Gasteiger partial charge on any atom is -0.306 e. The molecule has 2 aromatic rings. The largest absolute Gasteiger partial charge is 0.306 e. The van der Waals surface area contributed by atoms with E-state index in [1.54, 1.807) is 5.31 Å². The standard InChI is InChI=1S/C28H32NP/c1-22(23-13-10-11-14-23)21-27(29(2)3)26-19-12-20-28(26)30(24-15-6-4-7-16-24)25-17-8-5-9-18-25/h4-20,22-23,26-27H,21H2,1-3H3/t22-,26?,27-/m1/s1. The van der Waals surface area contributed by atoms with E-state index in [0.29, 0.717) is 23.8 Å². The molecule has 4 rings (SSSR count). The average Bonchev–Trinajstić information content (AvgIpc) is 3.46. The topological polar surface area (TPSA) is 3.24 Å². The van der Waals surface area contributed by atoms with Gasteiger partial charge in [0.2, 0.25) is 0 Å². The van der Waals surface area contributed by atoms with E-state index in [0.717, 1.165) is 0 Å². The molecular formula is C28H32NP. The first-order chi connectivity index (χ1) is 14.6. The molecule has 2 aliphatic carbocycles. The summed E-state index contributed by atoms with van der Waals surface area (Å²) in [7, 11) is 3.95. The molecule has 3 atom stereocenters. The first-order valence-corrected chi connectivity index (χ1v) is 12.3. The van der Waals surface area contributed by atoms with Crippen molar-refractivity contribution in [3.05, 3.63) is 109 Å². The van der Waals surface area contributed by atoms with Crippen LogP contribution in [0.5, 0.6) is 0 Å². The Morgan fingerprint density at radius 1 is 0.800 bits per heavy atom. The van der Waals surface area contributed by atoms with Gasteiger partial charge in [0.1, 0.15) is 0 Å². The number of allylic oxidation sites excluding steroid dienone is 6. The highest BCUT2D eigenvalue weighted by Crippen LogP contribution is 2.51. The maximum atomic E-state index is 2.44. The van der Waals surface area contributed by atoms with Crippen molar-refractivity contribution in [1.29, 1.82) is 0 Å². The molecule has 1 unspecified atom stereocenters. The van der Waals surface area contributed by atoms with Gasteiger partial charge in [-0.3, -0.25) is 0 Å². The van der Waals surface area contributed by atoms with Crippen LogP contribution in [0.15, 0.2) is 109 Å². The third-order valence-electron chi connectivity index (χ3n) is 6.34. The Labute approximate surface area is 183 Å². The summed E-state index contributed by atoms with van der Waals surface area (Å²) in [6, 6.07) is 22.6. The molecule has 30 heavy (non-hydrogen) atoms. The molecule has 0 radical (unpaired) electrons. The molecule has 2 aromatic carbocycles. The van der Waals surface area contributed by atoms with Gasteiger partial charge in [-0.1, -0.05) is 110 Å². The van der Waals surface area contributed by atoms with E-state index in [2.05, 4.69) is 129 Å². The lowest BCUT2D eigenvalue weighted by molar-refractivity contribution is 0.212. The van der Waals surface area contributed by atoms with Crippen LogP contribution in [0.3, 0.4) is 0 Å². The Morgan fingerprint density at radius 2 is 1.37 bits per heavy atom. The van der Waals surface area contributed by atoms with Crippen molar-refractivity contribution < 1.29 is 0 Å². The lowest BCUT2D eigenvalue weighted by Gasteiger charge is -2.36. The smallest absolute Gasteiger partial charge is 0.0196 e. The molecule has 154 valence electrons. The Morgan fingerprint density at radius 3 is 1.90 bits per heavy atom. The van der Waals surface area contributed by atoms with E-state index in [1.807, 2.05) is 0 Å². The summed E-state index contributed by atoms with van der Waals surface area (Å²) in [5.74, 6) is 1.64. The van der Waals surface area contributed by atoms with Crippen LogP contribution in [-0.4, -0.2) is 25.0 Å². The zero-order valence-electron chi connectivity index (χ0n) is 18.2. The van der Waals surface area contributed by atoms with Crippen LogP contribution < -0.4 is 10.6 Å². The summed E-state index contributed by atoms with van der Waals surface area (Å²) < 4.78 is 0. The van der Waals surface area contributed by atoms with Crippen molar-refractivity contribution in [2.75, 3.05) is 14.1 Å². The number of rotatable bonds is 8. The average molecular weight is 414 g/mol. The molecule has 1 nitrogen and oxygen atoms in total. The van der Waals surface area contributed by atoms with Crippen LogP contribution in [0.1, 0.15) is 13.3 Å². The second-order valence-electron chi connectivity index (χ2n) is 8.60. The lowest BCUT2D eigenvalue weighted by atomic mass is 9.84. The minimum absolute atomic E-state index is 0.448. The highest BCUT2D eigenvalue weighted by molar-refractivity contribution is 7.76. The number of hydrogen-bond donors (Lipinski definition) is 0. The normalized spacial score (nSPS) is 20.3. The van der Waals surface area contributed by atoms with Crippen molar-refractivity contribution in [2.24, 2.45) is 17.8 Å². The van der Waals surface area contributed by atoms with Crippen LogP contribution in [-0.2, 0) is 0 Å². The van der Waals surface area contributed by atoms with Crippen LogP contribution in [0.4, 0.5) is 0 Å². The van der Waals surface area contributed by atoms with E-state index in [-0.39, 0.29) is 0 Å². The highest BCUT2D eigenvalue weighted by atomic mass is 31.1. The zero-order chi connectivity index (χ0) is 20.9. The maximum Gasteiger partial charge on any atom is 0.0196 e. The second kappa shape index (κ2) is 9.73. The van der Waals surface area contributed by atoms with Gasteiger partial charge >= 0.3 is 0 Å². The zero-order valence-corrected chi connectivity index (χ0v) is 19.1. The van der Waals surface area contributed by atoms with Gasteiger partial charge in [0.05, 0.1) is 0 Å². The fourth-order valence-corrected chi connectivity index (χ4v) is 7.31. The van der Waals surface area contributed by atoms with Crippen LogP contribution in [0.25, 0.3) is 0 Å². The first-order valence-electron chi connectivity index (χ1n) is 10.9. The third-order valence-corrected chi connectivity index (χ3v) is 8.93. The van der Waals surface area contributed by atoms with Crippen molar-refractivity contribution in [3.63, 3.8) is 0 Å². The lowest BCUT2D eigenvalue weighted by Crippen LogP contribution is -2.37. The van der Waals surface area contributed by atoms with E-state index in [1.165, 1.54) is 17.0 Å². The summed E-state index contributed by atoms with van der Waals surface area (Å²) in [6.07, 6.45) is 17.4. The Bertz CT molecular complexity index is 888. The van der Waals surface area contributed by atoms with Crippen molar-refractivity contribution in [3.8, 4) is 0 Å². The SMILES string of the molecule is C[C@H](C[C@H](C1C=CC=C1P(c1ccccc1)c1ccccc1)N(C)C)C1C=CC=C1. The van der Waals surface area contributed by atoms with Crippen molar-refractivity contribution >= 4 is 18.5 Å². The molecule has 0 N–H and O–H groups in total. The van der Waals surface area contributed by atoms with Gasteiger partial charge in [-0.25, -0.2) is 0 Å². The molecule has 0 fully saturated rings. The van der Waals surface area contributed by atoms with Gasteiger partial charge in [0, 0.05) is 12.0 Å². The van der Waals surface area contributed by atoms with Crippen LogP contribution in [0.2, 0.25) is 0 Å². The Balaban J connectivity index is 1.65. The van der Waals surface area contributed by atoms with Crippen LogP contribution in [0, 0.1) is 17.8 Å². The molecule has 2 aliphatic rings. The predicted molar refractivity (Wildman–Crippen MR) is 133 cm³/mol. The molecule has 0 saturated heterocycles. The number of nitrogens with zero attached hydrogens (tertiary/aromatic N) is 1. The van der Waals surface area contributed by atoms with E-state index >= 15 is 0 Å². The van der Waals surface area contributed by atoms with Crippen molar-refractivity contribution in [1.82, 2.24) is 4.90 Å². The summed E-state index contributed by atoms with van der Waals surface area (Å²) in [6.45, 7) is 2.40. The first kappa shape index (κ1) is 21.0. The molecular weight excluding hydrogens is 381 g/mol. The summed E-state index contributed by atoms with van der Waals surface area (Å²) in [5, 5.41) is 4.45. The Kier molecular flexibility index (Phi) is 6.82. The molecule has 0 aromatic heterocycles. The third kappa shape index (κ3) is 4.59. The number of benzene rings is 2. The fraction of sp³-hybridized carbons (Fsp3) is 0.286. The Hall–Kier alpha value is -2.21. The van der Waals surface area contributed by atoms with Gasteiger partial charge in [0.25, 0.3) is 0 Å². The van der Waals surface area contributed by atoms with Gasteiger partial charge in [0.15, 0.2) is 0 Å². The van der Waals surface area contributed by atoms with Gasteiger partial charge in [-0.2, -0.15) is 0 Å². The molecule has 0 aliphatic heterocycles. The summed E-state index contributed by atoms with van der Waals surface area (Å²) in [4.78, 5) is 2.44. The predicted octanol–water partition coefficient (Wildman–Crippen LogP) is 5.89. The molecule has 0 saturated carbocycles. The highest BCUT2D eigenvalue weighted by Gasteiger charge is 2.34. The molecule has 2 heteroatoms. The quantitative estimate of drug-likeness (QED) is 0.488. The van der Waals surface area contributed by atoms with Crippen molar-refractivity contribution in [2.45, 2.75) is 19.4 Å². The van der Waals surface area contributed by atoms with E-state index in [9.17, 15) is 0 Å². The van der Waals surface area contributed by atoms with Crippen LogP contribution >= 0.6 is 7.92 Å². The molecule has 0 amide bonds. The second-order valence-corrected chi connectivity index (χ2v) is 10.8. The summed E-state index contributed by atoms with van der Waals surface area (Å²) >= 11 is 0. The molecule has 0 spiro atoms. The molecule has 0 bridgehead atoms. The van der Waals surface area contributed by atoms with E-state index in [4.69, 9.17) is 0 Å². The molecule has 0 heterocycles. The monoisotopic (exact) mass is 413 g/mol.